The number of carbonyl (C=O) groups is 1. The second-order valence-electron chi connectivity index (χ2n) is 6.48. The van der Waals surface area contributed by atoms with E-state index in [1.807, 2.05) is 54.6 Å². The van der Waals surface area contributed by atoms with Gasteiger partial charge >= 0.3 is 0 Å². The summed E-state index contributed by atoms with van der Waals surface area (Å²) in [5.41, 5.74) is 1.88. The number of aryl methyl sites for hydroxylation is 1. The molecule has 0 aliphatic rings. The molecule has 0 saturated carbocycles. The van der Waals surface area contributed by atoms with Crippen molar-refractivity contribution in [1.29, 1.82) is 0 Å². The number of carbonyl (C=O) groups excluding carboxylic acids is 1. The van der Waals surface area contributed by atoms with Crippen molar-refractivity contribution >= 4 is 32.6 Å². The highest BCUT2D eigenvalue weighted by atomic mass is 32.1. The van der Waals surface area contributed by atoms with Gasteiger partial charge in [0.1, 0.15) is 0 Å². The van der Waals surface area contributed by atoms with Gasteiger partial charge in [-0.25, -0.2) is 4.98 Å². The number of nitrogens with one attached hydrogen (secondary N) is 2. The molecule has 1 amide bonds. The fraction of sp³-hybridized carbons (Fsp3) is 0.238. The molecule has 2 aromatic carbocycles. The van der Waals surface area contributed by atoms with Gasteiger partial charge < -0.3 is 15.1 Å². The van der Waals surface area contributed by atoms with Crippen LogP contribution in [0.5, 0.6) is 0 Å². The van der Waals surface area contributed by atoms with E-state index in [2.05, 4.69) is 25.8 Å². The van der Waals surface area contributed by atoms with Crippen LogP contribution in [0.2, 0.25) is 0 Å². The van der Waals surface area contributed by atoms with Gasteiger partial charge in [-0.2, -0.15) is 0 Å². The molecule has 0 fully saturated rings. The first-order valence-electron chi connectivity index (χ1n) is 9.52. The maximum Gasteiger partial charge on any atom is 0.247 e. The third kappa shape index (κ3) is 5.17. The van der Waals surface area contributed by atoms with Crippen LogP contribution in [0.25, 0.3) is 21.7 Å². The zero-order valence-corrected chi connectivity index (χ0v) is 16.6. The highest BCUT2D eigenvalue weighted by Gasteiger charge is 2.09. The lowest BCUT2D eigenvalue weighted by atomic mass is 10.2. The first-order valence-corrected chi connectivity index (χ1v) is 10.3. The standard InChI is InChI=1S/C21H21N5O2S/c27-18(22-13-14-23-21-24-16-9-4-5-10-17(16)29-21)11-6-12-19-25-26-20(28-19)15-7-2-1-3-8-15/h1-5,7-10H,6,11-14H2,(H,22,27)(H,23,24). The summed E-state index contributed by atoms with van der Waals surface area (Å²) in [7, 11) is 0. The number of amides is 1. The summed E-state index contributed by atoms with van der Waals surface area (Å²) < 4.78 is 6.80. The molecule has 148 valence electrons. The molecule has 0 saturated heterocycles. The van der Waals surface area contributed by atoms with E-state index < -0.39 is 0 Å². The van der Waals surface area contributed by atoms with Crippen LogP contribution in [0.4, 0.5) is 5.13 Å². The van der Waals surface area contributed by atoms with E-state index in [0.717, 1.165) is 20.9 Å². The Hall–Kier alpha value is -3.26. The summed E-state index contributed by atoms with van der Waals surface area (Å²) in [5.74, 6) is 1.07. The van der Waals surface area contributed by atoms with Crippen LogP contribution in [0, 0.1) is 0 Å². The second kappa shape index (κ2) is 9.29. The Morgan fingerprint density at radius 2 is 1.83 bits per heavy atom. The second-order valence-corrected chi connectivity index (χ2v) is 7.51. The Morgan fingerprint density at radius 3 is 2.69 bits per heavy atom. The average Bonchev–Trinajstić information content (AvgIpc) is 3.38. The van der Waals surface area contributed by atoms with E-state index >= 15 is 0 Å². The molecule has 29 heavy (non-hydrogen) atoms. The summed E-state index contributed by atoms with van der Waals surface area (Å²) >= 11 is 1.61. The molecule has 0 radical (unpaired) electrons. The number of fused-ring (bicyclic) bond motifs is 1. The highest BCUT2D eigenvalue weighted by molar-refractivity contribution is 7.22. The van der Waals surface area contributed by atoms with Crippen molar-refractivity contribution in [1.82, 2.24) is 20.5 Å². The number of hydrogen-bond acceptors (Lipinski definition) is 7. The van der Waals surface area contributed by atoms with E-state index in [1.54, 1.807) is 11.3 Å². The summed E-state index contributed by atoms with van der Waals surface area (Å²) in [6.07, 6.45) is 1.66. The van der Waals surface area contributed by atoms with E-state index in [9.17, 15) is 4.79 Å². The van der Waals surface area contributed by atoms with E-state index in [-0.39, 0.29) is 5.91 Å². The topological polar surface area (TPSA) is 92.9 Å². The lowest BCUT2D eigenvalue weighted by Gasteiger charge is -2.05. The Kier molecular flexibility index (Phi) is 6.11. The van der Waals surface area contributed by atoms with Crippen molar-refractivity contribution in [2.24, 2.45) is 0 Å². The highest BCUT2D eigenvalue weighted by Crippen LogP contribution is 2.25. The third-order valence-electron chi connectivity index (χ3n) is 4.30. The van der Waals surface area contributed by atoms with Crippen LogP contribution in [0.1, 0.15) is 18.7 Å². The fourth-order valence-corrected chi connectivity index (χ4v) is 3.75. The van der Waals surface area contributed by atoms with Gasteiger partial charge in [0.2, 0.25) is 17.7 Å². The minimum Gasteiger partial charge on any atom is -0.421 e. The first kappa shape index (κ1) is 19.1. The zero-order chi connectivity index (χ0) is 19.9. The predicted octanol–water partition coefficient (Wildman–Crippen LogP) is 3.90. The molecule has 0 aliphatic carbocycles. The molecule has 2 N–H and O–H groups in total. The van der Waals surface area contributed by atoms with Crippen molar-refractivity contribution in [3.8, 4) is 11.5 Å². The summed E-state index contributed by atoms with van der Waals surface area (Å²) in [4.78, 5) is 16.5. The molecule has 4 rings (SSSR count). The monoisotopic (exact) mass is 407 g/mol. The minimum atomic E-state index is 0.0129. The van der Waals surface area contributed by atoms with Crippen LogP contribution in [-0.4, -0.2) is 34.2 Å². The molecular formula is C21H21N5O2S. The Bertz CT molecular complexity index is 1040. The number of thiazole rings is 1. The Morgan fingerprint density at radius 1 is 1.00 bits per heavy atom. The lowest BCUT2D eigenvalue weighted by molar-refractivity contribution is -0.121. The fourth-order valence-electron chi connectivity index (χ4n) is 2.86. The zero-order valence-electron chi connectivity index (χ0n) is 15.8. The van der Waals surface area contributed by atoms with Crippen LogP contribution < -0.4 is 10.6 Å². The number of rotatable bonds is 9. The number of benzene rings is 2. The van der Waals surface area contributed by atoms with Crippen molar-refractivity contribution in [2.45, 2.75) is 19.3 Å². The number of aromatic nitrogens is 3. The van der Waals surface area contributed by atoms with Crippen LogP contribution >= 0.6 is 11.3 Å². The van der Waals surface area contributed by atoms with Gasteiger partial charge in [-0.3, -0.25) is 4.79 Å². The van der Waals surface area contributed by atoms with Gasteiger partial charge in [0.25, 0.3) is 0 Å². The first-order chi connectivity index (χ1) is 14.3. The summed E-state index contributed by atoms with van der Waals surface area (Å²) in [6.45, 7) is 1.18. The van der Waals surface area contributed by atoms with Gasteiger partial charge in [0, 0.05) is 31.5 Å². The van der Waals surface area contributed by atoms with Crippen LogP contribution in [-0.2, 0) is 11.2 Å². The minimum absolute atomic E-state index is 0.0129. The van der Waals surface area contributed by atoms with E-state index in [1.165, 1.54) is 0 Å². The maximum atomic E-state index is 12.0. The number of hydrogen-bond donors (Lipinski definition) is 2. The summed E-state index contributed by atoms with van der Waals surface area (Å²) in [6, 6.07) is 17.7. The SMILES string of the molecule is O=C(CCCc1nnc(-c2ccccc2)o1)NCCNc1nc2ccccc2s1. The third-order valence-corrected chi connectivity index (χ3v) is 5.29. The molecule has 2 aromatic heterocycles. The van der Waals surface area contributed by atoms with E-state index in [0.29, 0.717) is 44.1 Å². The molecule has 4 aromatic rings. The smallest absolute Gasteiger partial charge is 0.247 e. The molecule has 7 nitrogen and oxygen atoms in total. The molecular weight excluding hydrogens is 386 g/mol. The Balaban J connectivity index is 1.14. The van der Waals surface area contributed by atoms with Crippen molar-refractivity contribution in [3.05, 3.63) is 60.5 Å². The molecule has 0 unspecified atom stereocenters. The van der Waals surface area contributed by atoms with Crippen LogP contribution in [0.3, 0.4) is 0 Å². The van der Waals surface area contributed by atoms with Gasteiger partial charge in [-0.1, -0.05) is 41.7 Å². The van der Waals surface area contributed by atoms with Crippen molar-refractivity contribution in [3.63, 3.8) is 0 Å². The van der Waals surface area contributed by atoms with Gasteiger partial charge in [0.05, 0.1) is 10.2 Å². The van der Waals surface area contributed by atoms with Crippen LogP contribution in [0.15, 0.2) is 59.0 Å². The molecule has 0 atom stereocenters. The van der Waals surface area contributed by atoms with Crippen molar-refractivity contribution in [2.75, 3.05) is 18.4 Å². The molecule has 0 spiro atoms. The molecule has 0 bridgehead atoms. The van der Waals surface area contributed by atoms with Gasteiger partial charge in [-0.05, 0) is 30.7 Å². The number of nitrogens with zero attached hydrogens (tertiary/aromatic N) is 3. The number of anilines is 1. The maximum absolute atomic E-state index is 12.0. The van der Waals surface area contributed by atoms with Gasteiger partial charge in [0.15, 0.2) is 5.13 Å². The normalized spacial score (nSPS) is 10.9. The largest absolute Gasteiger partial charge is 0.421 e. The summed E-state index contributed by atoms with van der Waals surface area (Å²) in [5, 5.41) is 15.1. The molecule has 2 heterocycles. The van der Waals surface area contributed by atoms with E-state index in [4.69, 9.17) is 4.42 Å². The molecule has 8 heteroatoms. The average molecular weight is 407 g/mol. The molecule has 0 aliphatic heterocycles. The van der Waals surface area contributed by atoms with Gasteiger partial charge in [-0.15, -0.1) is 10.2 Å². The lowest BCUT2D eigenvalue weighted by Crippen LogP contribution is -2.28. The quantitative estimate of drug-likeness (QED) is 0.409. The van der Waals surface area contributed by atoms with Crippen molar-refractivity contribution < 1.29 is 9.21 Å². The number of para-hydroxylation sites is 1. The predicted molar refractivity (Wildman–Crippen MR) is 114 cm³/mol. The Labute approximate surface area is 172 Å².